The van der Waals surface area contributed by atoms with E-state index in [1.165, 1.54) is 128 Å². The molecule has 80 heavy (non-hydrogen) atoms. The van der Waals surface area contributed by atoms with E-state index in [0.717, 1.165) is 23.7 Å². The molecule has 8 bridgehead atoms. The molecule has 15 fully saturated rings. The molecule has 10 saturated carbocycles. The van der Waals surface area contributed by atoms with Crippen molar-refractivity contribution in [3.05, 3.63) is 0 Å². The van der Waals surface area contributed by atoms with E-state index in [1.807, 2.05) is 56.9 Å². The zero-order valence-electron chi connectivity index (χ0n) is 50.2. The van der Waals surface area contributed by atoms with Gasteiger partial charge in [0.1, 0.15) is 0 Å². The standard InChI is InChI=1S/C64H108N8O8/c1-73-49-33-21-13-14-22-34(33)50(74-2)42-41(49)57-65-58(42)68-62-47-48(56(80-8)40-28-32-20-12-11-19-31(32)27-39(40)55(47)79-7)64(72-62)70-60-44-43(51(75-3)35-23-15-16-24-36(35)52(44)76-4)59(66-60)69-63-46-45(61(67-57)71-63)53(77-5)37-25-29-17-9-10-18-30(29)26-38(37)54(46)78-6/h29-72H,9-28H2,1-8H3. The Bertz CT molecular complexity index is 1850. The highest BCUT2D eigenvalue weighted by molar-refractivity contribution is 5.20. The maximum Gasteiger partial charge on any atom is 0.0663 e. The second-order valence-corrected chi connectivity index (χ2v) is 29.8. The van der Waals surface area contributed by atoms with Crippen molar-refractivity contribution in [2.24, 2.45) is 118 Å². The molecule has 0 aromatic rings. The van der Waals surface area contributed by atoms with Crippen LogP contribution in [0.25, 0.3) is 0 Å². The van der Waals surface area contributed by atoms with Crippen molar-refractivity contribution in [1.29, 1.82) is 0 Å². The van der Waals surface area contributed by atoms with E-state index in [2.05, 4.69) is 42.5 Å². The quantitative estimate of drug-likeness (QED) is 0.148. The molecule has 5 aliphatic heterocycles. The van der Waals surface area contributed by atoms with Gasteiger partial charge in [-0.1, -0.05) is 77.0 Å². The molecule has 5 saturated heterocycles. The van der Waals surface area contributed by atoms with Crippen LogP contribution in [0.5, 0.6) is 0 Å². The number of hydrogen-bond donors (Lipinski definition) is 8. The van der Waals surface area contributed by atoms with Crippen LogP contribution >= 0.6 is 0 Å². The van der Waals surface area contributed by atoms with Crippen molar-refractivity contribution >= 4 is 0 Å². The number of nitrogens with one attached hydrogen (secondary N) is 8. The van der Waals surface area contributed by atoms with Gasteiger partial charge >= 0.3 is 0 Å². The first kappa shape index (κ1) is 55.9. The highest BCUT2D eigenvalue weighted by atomic mass is 16.5. The third kappa shape index (κ3) is 8.73. The molecule has 16 nitrogen and oxygen atoms in total. The van der Waals surface area contributed by atoms with Crippen LogP contribution in [-0.2, 0) is 37.9 Å². The second kappa shape index (κ2) is 22.8. The molecule has 10 aliphatic carbocycles. The van der Waals surface area contributed by atoms with E-state index >= 15 is 0 Å². The summed E-state index contributed by atoms with van der Waals surface area (Å²) in [5, 5.41) is 36.0. The van der Waals surface area contributed by atoms with E-state index < -0.39 is 0 Å². The lowest BCUT2D eigenvalue weighted by molar-refractivity contribution is -0.175. The van der Waals surface area contributed by atoms with Gasteiger partial charge < -0.3 is 37.9 Å². The summed E-state index contributed by atoms with van der Waals surface area (Å²) in [5.74, 6) is 7.89. The predicted octanol–water partition coefficient (Wildman–Crippen LogP) is 5.76. The molecule has 452 valence electrons. The van der Waals surface area contributed by atoms with Crippen LogP contribution in [0, 0.1) is 118 Å². The Morgan fingerprint density at radius 3 is 0.512 bits per heavy atom. The zero-order valence-corrected chi connectivity index (χ0v) is 50.2. The molecule has 8 N–H and O–H groups in total. The molecule has 36 atom stereocenters. The van der Waals surface area contributed by atoms with Gasteiger partial charge in [-0.25, -0.2) is 0 Å². The lowest BCUT2D eigenvalue weighted by atomic mass is 9.54. The third-order valence-corrected chi connectivity index (χ3v) is 27.6. The minimum Gasteiger partial charge on any atom is -0.381 e. The van der Waals surface area contributed by atoms with Gasteiger partial charge in [0.25, 0.3) is 0 Å². The monoisotopic (exact) mass is 1120 g/mol. The molecular weight excluding hydrogens is 1010 g/mol. The van der Waals surface area contributed by atoms with Crippen LogP contribution in [0.4, 0.5) is 0 Å². The highest BCUT2D eigenvalue weighted by Crippen LogP contribution is 2.61. The van der Waals surface area contributed by atoms with Gasteiger partial charge in [-0.15, -0.1) is 0 Å². The Hall–Kier alpha value is -0.640. The number of ether oxygens (including phenoxy) is 8. The summed E-state index contributed by atoms with van der Waals surface area (Å²) >= 11 is 0. The average Bonchev–Trinajstić information content (AvgIpc) is 4.43. The van der Waals surface area contributed by atoms with Gasteiger partial charge in [0, 0.05) is 104 Å². The predicted molar refractivity (Wildman–Crippen MR) is 304 cm³/mol. The first-order valence-electron chi connectivity index (χ1n) is 33.6. The second-order valence-electron chi connectivity index (χ2n) is 29.8. The molecule has 5 heterocycles. The Labute approximate surface area is 480 Å². The molecular formula is C64H108N8O8. The fourth-order valence-electron chi connectivity index (χ4n) is 25.1. The molecule has 36 unspecified atom stereocenters. The van der Waals surface area contributed by atoms with Crippen molar-refractivity contribution in [3.63, 3.8) is 0 Å². The molecule has 0 spiro atoms. The summed E-state index contributed by atoms with van der Waals surface area (Å²) in [5.41, 5.74) is 0. The number of fused-ring (bicyclic) bond motifs is 26. The number of rotatable bonds is 8. The van der Waals surface area contributed by atoms with Gasteiger partial charge in [0.2, 0.25) is 0 Å². The Balaban J connectivity index is 0.874. The summed E-state index contributed by atoms with van der Waals surface area (Å²) in [6.45, 7) is 0. The van der Waals surface area contributed by atoms with Crippen molar-refractivity contribution in [1.82, 2.24) is 42.5 Å². The van der Waals surface area contributed by atoms with Gasteiger partial charge in [-0.2, -0.15) is 0 Å². The molecule has 0 amide bonds. The van der Waals surface area contributed by atoms with Gasteiger partial charge in [-0.3, -0.25) is 42.5 Å². The van der Waals surface area contributed by atoms with Crippen LogP contribution in [0.3, 0.4) is 0 Å². The maximum absolute atomic E-state index is 7.08. The molecule has 0 radical (unpaired) electrons. The Kier molecular flexibility index (Phi) is 15.9. The topological polar surface area (TPSA) is 170 Å². The minimum absolute atomic E-state index is 0.0632. The van der Waals surface area contributed by atoms with Crippen LogP contribution in [0.15, 0.2) is 0 Å². The molecule has 0 aromatic heterocycles. The van der Waals surface area contributed by atoms with E-state index in [1.54, 1.807) is 0 Å². The normalized spacial score (nSPS) is 58.5. The average molecular weight is 1120 g/mol. The minimum atomic E-state index is -0.0634. The molecule has 15 aliphatic rings. The van der Waals surface area contributed by atoms with Crippen LogP contribution in [-0.4, -0.2) is 155 Å². The van der Waals surface area contributed by atoms with Gasteiger partial charge in [0.15, 0.2) is 0 Å². The summed E-state index contributed by atoms with van der Waals surface area (Å²) < 4.78 is 56.2. The Morgan fingerprint density at radius 2 is 0.350 bits per heavy atom. The van der Waals surface area contributed by atoms with Crippen molar-refractivity contribution < 1.29 is 37.9 Å². The van der Waals surface area contributed by atoms with E-state index in [4.69, 9.17) is 37.9 Å². The highest BCUT2D eigenvalue weighted by Gasteiger charge is 2.69. The summed E-state index contributed by atoms with van der Waals surface area (Å²) in [4.78, 5) is 0. The first-order valence-corrected chi connectivity index (χ1v) is 33.6. The van der Waals surface area contributed by atoms with Gasteiger partial charge in [-0.05, 0) is 122 Å². The SMILES string of the molecule is COC1C2CCCCC2C(OC)C2C3NC(NC4NC(NC5NC(NC6NC(N3)C3C(OC)C7CC8CCCCC8CC7C(OC)C63)C3C(OC)C6CCCCC6C(OC)C53)C3C(OC)C5CC6CCCCC6CC5C(OC)C43)C12. The molecule has 0 aromatic carbocycles. The van der Waals surface area contributed by atoms with Crippen LogP contribution in [0.2, 0.25) is 0 Å². The summed E-state index contributed by atoms with van der Waals surface area (Å²) in [7, 11) is 16.2. The largest absolute Gasteiger partial charge is 0.381 e. The number of hydrogen-bond acceptors (Lipinski definition) is 16. The third-order valence-electron chi connectivity index (χ3n) is 27.6. The number of methoxy groups -OCH3 is 8. The Morgan fingerprint density at radius 1 is 0.200 bits per heavy atom. The van der Waals surface area contributed by atoms with Crippen molar-refractivity contribution in [3.8, 4) is 0 Å². The van der Waals surface area contributed by atoms with E-state index in [9.17, 15) is 0 Å². The van der Waals surface area contributed by atoms with Crippen molar-refractivity contribution in [2.75, 3.05) is 56.9 Å². The summed E-state index contributed by atoms with van der Waals surface area (Å²) in [6, 6.07) is 0. The van der Waals surface area contributed by atoms with Crippen LogP contribution in [0.1, 0.15) is 128 Å². The lowest BCUT2D eigenvalue weighted by Crippen LogP contribution is -2.63. The lowest BCUT2D eigenvalue weighted by Gasteiger charge is -2.56. The molecule has 16 heteroatoms. The van der Waals surface area contributed by atoms with E-state index in [0.29, 0.717) is 47.3 Å². The molecule has 15 rings (SSSR count). The maximum atomic E-state index is 7.08. The van der Waals surface area contributed by atoms with Gasteiger partial charge in [0.05, 0.1) is 98.2 Å². The summed E-state index contributed by atoms with van der Waals surface area (Å²) in [6.07, 6.45) is 25.8. The first-order chi connectivity index (χ1) is 39.3. The smallest absolute Gasteiger partial charge is 0.0663 e. The fourth-order valence-corrected chi connectivity index (χ4v) is 25.1. The van der Waals surface area contributed by atoms with Crippen LogP contribution < -0.4 is 42.5 Å². The van der Waals surface area contributed by atoms with E-state index in [-0.39, 0.29) is 146 Å². The zero-order chi connectivity index (χ0) is 54.2. The fraction of sp³-hybridized carbons (Fsp3) is 1.00. The van der Waals surface area contributed by atoms with Crippen molar-refractivity contribution in [2.45, 2.75) is 227 Å².